The van der Waals surface area contributed by atoms with Gasteiger partial charge in [0, 0.05) is 6.61 Å². The van der Waals surface area contributed by atoms with Crippen molar-refractivity contribution in [3.05, 3.63) is 59.7 Å². The van der Waals surface area contributed by atoms with Gasteiger partial charge in [0.05, 0.1) is 11.7 Å². The Hall–Kier alpha value is -2.13. The summed E-state index contributed by atoms with van der Waals surface area (Å²) in [6.45, 7) is 5.28. The average Bonchev–Trinajstić information content (AvgIpc) is 2.68. The van der Waals surface area contributed by atoms with E-state index in [0.29, 0.717) is 11.7 Å². The van der Waals surface area contributed by atoms with Crippen molar-refractivity contribution in [3.8, 4) is 11.1 Å². The molecule has 0 bridgehead atoms. The molecule has 3 heteroatoms. The number of hydrogen-bond donors (Lipinski definition) is 1. The summed E-state index contributed by atoms with van der Waals surface area (Å²) in [5.41, 5.74) is 3.80. The number of ether oxygens (including phenoxy) is 1. The Morgan fingerprint density at radius 1 is 0.926 bits per heavy atom. The second-order valence-electron chi connectivity index (χ2n) is 7.21. The SMILES string of the molecule is CCCCCCOC(C)CCCc1ccc(-c2ccc(C(=O)O)cc2)cc1. The molecule has 0 heterocycles. The molecule has 0 aliphatic heterocycles. The molecule has 0 saturated heterocycles. The summed E-state index contributed by atoms with van der Waals surface area (Å²) in [5, 5.41) is 8.98. The van der Waals surface area contributed by atoms with E-state index in [2.05, 4.69) is 38.1 Å². The second kappa shape index (κ2) is 11.6. The van der Waals surface area contributed by atoms with Crippen molar-refractivity contribution in [1.82, 2.24) is 0 Å². The lowest BCUT2D eigenvalue weighted by atomic mass is 10.0. The van der Waals surface area contributed by atoms with Crippen LogP contribution in [0.15, 0.2) is 48.5 Å². The molecule has 27 heavy (non-hydrogen) atoms. The number of aromatic carboxylic acids is 1. The first-order chi connectivity index (χ1) is 13.1. The van der Waals surface area contributed by atoms with E-state index in [1.54, 1.807) is 12.1 Å². The minimum absolute atomic E-state index is 0.317. The normalized spacial score (nSPS) is 12.1. The smallest absolute Gasteiger partial charge is 0.335 e. The largest absolute Gasteiger partial charge is 0.478 e. The molecule has 0 saturated carbocycles. The molecular formula is C24H32O3. The molecule has 0 aliphatic carbocycles. The predicted molar refractivity (Wildman–Crippen MR) is 111 cm³/mol. The maximum Gasteiger partial charge on any atom is 0.335 e. The van der Waals surface area contributed by atoms with Crippen molar-refractivity contribution in [2.75, 3.05) is 6.61 Å². The number of rotatable bonds is 12. The highest BCUT2D eigenvalue weighted by atomic mass is 16.5. The number of carbonyl (C=O) groups is 1. The van der Waals surface area contributed by atoms with Crippen molar-refractivity contribution < 1.29 is 14.6 Å². The fourth-order valence-corrected chi connectivity index (χ4v) is 3.16. The Labute approximate surface area is 163 Å². The van der Waals surface area contributed by atoms with Gasteiger partial charge in [-0.25, -0.2) is 4.79 Å². The third kappa shape index (κ3) is 7.56. The van der Waals surface area contributed by atoms with Crippen LogP contribution in [-0.2, 0) is 11.2 Å². The van der Waals surface area contributed by atoms with E-state index in [4.69, 9.17) is 9.84 Å². The van der Waals surface area contributed by atoms with Gasteiger partial charge in [0.15, 0.2) is 0 Å². The molecule has 0 aliphatic rings. The summed E-state index contributed by atoms with van der Waals surface area (Å²) in [6.07, 6.45) is 8.62. The molecule has 2 rings (SSSR count). The first kappa shape index (κ1) is 21.2. The molecule has 0 radical (unpaired) electrons. The van der Waals surface area contributed by atoms with Crippen LogP contribution in [-0.4, -0.2) is 23.8 Å². The molecular weight excluding hydrogens is 336 g/mol. The van der Waals surface area contributed by atoms with Gasteiger partial charge in [-0.1, -0.05) is 62.6 Å². The van der Waals surface area contributed by atoms with Crippen LogP contribution < -0.4 is 0 Å². The second-order valence-corrected chi connectivity index (χ2v) is 7.21. The van der Waals surface area contributed by atoms with Crippen LogP contribution in [0.1, 0.15) is 68.3 Å². The van der Waals surface area contributed by atoms with Gasteiger partial charge in [-0.2, -0.15) is 0 Å². The van der Waals surface area contributed by atoms with Crippen LogP contribution in [0.25, 0.3) is 11.1 Å². The van der Waals surface area contributed by atoms with Crippen LogP contribution in [0, 0.1) is 0 Å². The van der Waals surface area contributed by atoms with Crippen molar-refractivity contribution in [1.29, 1.82) is 0 Å². The molecule has 0 aromatic heterocycles. The molecule has 1 unspecified atom stereocenters. The molecule has 0 fully saturated rings. The lowest BCUT2D eigenvalue weighted by molar-refractivity contribution is 0.0563. The molecule has 2 aromatic carbocycles. The third-order valence-corrected chi connectivity index (χ3v) is 4.90. The fraction of sp³-hybridized carbons (Fsp3) is 0.458. The van der Waals surface area contributed by atoms with Crippen molar-refractivity contribution in [2.45, 2.75) is 64.9 Å². The molecule has 0 spiro atoms. The zero-order valence-electron chi connectivity index (χ0n) is 16.6. The van der Waals surface area contributed by atoms with Crippen LogP contribution in [0.3, 0.4) is 0 Å². The summed E-state index contributed by atoms with van der Waals surface area (Å²) >= 11 is 0. The van der Waals surface area contributed by atoms with Crippen LogP contribution in [0.2, 0.25) is 0 Å². The maximum atomic E-state index is 10.9. The number of aryl methyl sites for hydroxylation is 1. The van der Waals surface area contributed by atoms with Gasteiger partial charge in [0.2, 0.25) is 0 Å². The summed E-state index contributed by atoms with van der Waals surface area (Å²) in [6, 6.07) is 15.6. The van der Waals surface area contributed by atoms with Gasteiger partial charge in [0.1, 0.15) is 0 Å². The topological polar surface area (TPSA) is 46.5 Å². The Morgan fingerprint density at radius 3 is 2.15 bits per heavy atom. The van der Waals surface area contributed by atoms with E-state index in [9.17, 15) is 4.79 Å². The van der Waals surface area contributed by atoms with E-state index >= 15 is 0 Å². The molecule has 1 N–H and O–H groups in total. The zero-order valence-corrected chi connectivity index (χ0v) is 16.6. The van der Waals surface area contributed by atoms with Crippen LogP contribution >= 0.6 is 0 Å². The predicted octanol–water partition coefficient (Wildman–Crippen LogP) is 6.36. The summed E-state index contributed by atoms with van der Waals surface area (Å²) < 4.78 is 5.89. The molecule has 2 aromatic rings. The van der Waals surface area contributed by atoms with Gasteiger partial charge in [-0.3, -0.25) is 0 Å². The first-order valence-corrected chi connectivity index (χ1v) is 10.1. The van der Waals surface area contributed by atoms with E-state index in [1.165, 1.54) is 31.2 Å². The van der Waals surface area contributed by atoms with Gasteiger partial charge in [0.25, 0.3) is 0 Å². The highest BCUT2D eigenvalue weighted by Crippen LogP contribution is 2.21. The number of hydrogen-bond acceptors (Lipinski definition) is 2. The van der Waals surface area contributed by atoms with E-state index in [0.717, 1.165) is 37.0 Å². The zero-order chi connectivity index (χ0) is 19.5. The average molecular weight is 369 g/mol. The van der Waals surface area contributed by atoms with Gasteiger partial charge < -0.3 is 9.84 Å². The van der Waals surface area contributed by atoms with Crippen molar-refractivity contribution in [3.63, 3.8) is 0 Å². The quantitative estimate of drug-likeness (QED) is 0.443. The molecule has 3 nitrogen and oxygen atoms in total. The van der Waals surface area contributed by atoms with Crippen molar-refractivity contribution in [2.24, 2.45) is 0 Å². The highest BCUT2D eigenvalue weighted by Gasteiger charge is 2.05. The summed E-state index contributed by atoms with van der Waals surface area (Å²) in [7, 11) is 0. The van der Waals surface area contributed by atoms with Crippen LogP contribution in [0.5, 0.6) is 0 Å². The minimum Gasteiger partial charge on any atom is -0.478 e. The van der Waals surface area contributed by atoms with E-state index < -0.39 is 5.97 Å². The Morgan fingerprint density at radius 2 is 1.56 bits per heavy atom. The number of benzene rings is 2. The number of carboxylic acid groups (broad SMARTS) is 1. The fourth-order valence-electron chi connectivity index (χ4n) is 3.16. The minimum atomic E-state index is -0.893. The van der Waals surface area contributed by atoms with Crippen LogP contribution in [0.4, 0.5) is 0 Å². The van der Waals surface area contributed by atoms with Gasteiger partial charge in [-0.15, -0.1) is 0 Å². The standard InChI is InChI=1S/C24H32O3/c1-3-4-5-6-18-27-19(2)8-7-9-20-10-12-21(13-11-20)22-14-16-23(17-15-22)24(25)26/h10-17,19H,3-9,18H2,1-2H3,(H,25,26). The number of carboxylic acids is 1. The lowest BCUT2D eigenvalue weighted by Crippen LogP contribution is -2.09. The van der Waals surface area contributed by atoms with Gasteiger partial charge in [-0.05, 0) is 61.4 Å². The molecule has 0 amide bonds. The lowest BCUT2D eigenvalue weighted by Gasteiger charge is -2.13. The number of unbranched alkanes of at least 4 members (excludes halogenated alkanes) is 3. The maximum absolute atomic E-state index is 10.9. The molecule has 146 valence electrons. The first-order valence-electron chi connectivity index (χ1n) is 10.1. The highest BCUT2D eigenvalue weighted by molar-refractivity contribution is 5.88. The Bertz CT molecular complexity index is 674. The van der Waals surface area contributed by atoms with E-state index in [1.807, 2.05) is 12.1 Å². The van der Waals surface area contributed by atoms with E-state index in [-0.39, 0.29) is 0 Å². The third-order valence-electron chi connectivity index (χ3n) is 4.90. The monoisotopic (exact) mass is 368 g/mol. The Balaban J connectivity index is 1.73. The Kier molecular flexibility index (Phi) is 9.06. The van der Waals surface area contributed by atoms with Crippen molar-refractivity contribution >= 4 is 5.97 Å². The summed E-state index contributed by atoms with van der Waals surface area (Å²) in [5.74, 6) is -0.893. The summed E-state index contributed by atoms with van der Waals surface area (Å²) in [4.78, 5) is 10.9. The van der Waals surface area contributed by atoms with Gasteiger partial charge >= 0.3 is 5.97 Å². The molecule has 1 atom stereocenters.